The summed E-state index contributed by atoms with van der Waals surface area (Å²) in [6.07, 6.45) is -4.73. The van der Waals surface area contributed by atoms with Crippen molar-refractivity contribution in [2.24, 2.45) is 0 Å². The van der Waals surface area contributed by atoms with Crippen LogP contribution in [0.3, 0.4) is 0 Å². The lowest BCUT2D eigenvalue weighted by Gasteiger charge is -2.41. The molecule has 8 atom stereocenters. The van der Waals surface area contributed by atoms with Crippen LogP contribution in [0.2, 0.25) is 0 Å². The van der Waals surface area contributed by atoms with E-state index >= 15 is 0 Å². The van der Waals surface area contributed by atoms with Crippen molar-refractivity contribution < 1.29 is 54.3 Å². The molecule has 0 amide bonds. The maximum Gasteiger partial charge on any atom is 0.186 e. The Bertz CT molecular complexity index is 1060. The summed E-state index contributed by atoms with van der Waals surface area (Å²) in [7, 11) is 0. The summed E-state index contributed by atoms with van der Waals surface area (Å²) < 4.78 is 28.8. The van der Waals surface area contributed by atoms with Crippen LogP contribution >= 0.6 is 0 Å². The molecule has 2 aromatic rings. The molecular formula is C30H42O11. The summed E-state index contributed by atoms with van der Waals surface area (Å²) in [6, 6.07) is 12.9. The number of phenols is 1. The lowest BCUT2D eigenvalue weighted by Crippen LogP contribution is -2.60. The fraction of sp³-hybridized carbons (Fsp3) is 0.600. The Kier molecular flexibility index (Phi) is 11.7. The number of benzene rings is 2. The van der Waals surface area contributed by atoms with Crippen molar-refractivity contribution in [3.63, 3.8) is 0 Å². The highest BCUT2D eigenvalue weighted by Crippen LogP contribution is 2.33. The van der Waals surface area contributed by atoms with Crippen LogP contribution in [0.15, 0.2) is 42.5 Å². The number of aryl methyl sites for hydroxylation is 2. The first kappa shape index (κ1) is 31.6. The predicted molar refractivity (Wildman–Crippen MR) is 147 cm³/mol. The molecule has 3 heterocycles. The van der Waals surface area contributed by atoms with Crippen molar-refractivity contribution in [1.82, 2.24) is 0 Å². The molecule has 0 spiro atoms. The number of aromatic hydroxyl groups is 1. The zero-order valence-electron chi connectivity index (χ0n) is 23.2. The van der Waals surface area contributed by atoms with Gasteiger partial charge in [0.25, 0.3) is 0 Å². The number of aliphatic hydroxyl groups excluding tert-OH is 5. The Morgan fingerprint density at radius 3 is 2.39 bits per heavy atom. The minimum Gasteiger partial charge on any atom is -0.504 e. The van der Waals surface area contributed by atoms with E-state index in [1.54, 1.807) is 6.07 Å². The molecule has 1 saturated heterocycles. The van der Waals surface area contributed by atoms with Crippen molar-refractivity contribution in [2.75, 3.05) is 19.8 Å². The van der Waals surface area contributed by atoms with E-state index in [4.69, 9.17) is 28.8 Å². The fourth-order valence-electron chi connectivity index (χ4n) is 5.00. The second-order valence-electron chi connectivity index (χ2n) is 10.6. The summed E-state index contributed by atoms with van der Waals surface area (Å²) >= 11 is 0. The first-order valence-corrected chi connectivity index (χ1v) is 14.2. The van der Waals surface area contributed by atoms with Crippen LogP contribution in [-0.4, -0.2) is 99.7 Å². The molecule has 5 rings (SSSR count). The average molecular weight is 579 g/mol. The Morgan fingerprint density at radius 1 is 0.902 bits per heavy atom. The van der Waals surface area contributed by atoms with Crippen LogP contribution in [0, 0.1) is 0 Å². The quantitative estimate of drug-likeness (QED) is 0.240. The van der Waals surface area contributed by atoms with Crippen LogP contribution in [0.25, 0.3) is 0 Å². The lowest BCUT2D eigenvalue weighted by atomic mass is 9.98. The Balaban J connectivity index is 1.43. The van der Waals surface area contributed by atoms with E-state index in [1.807, 2.05) is 36.4 Å². The van der Waals surface area contributed by atoms with Gasteiger partial charge in [-0.2, -0.15) is 0 Å². The predicted octanol–water partition coefficient (Wildman–Crippen LogP) is 1.77. The fourth-order valence-corrected chi connectivity index (χ4v) is 5.00. The third-order valence-electron chi connectivity index (χ3n) is 7.36. The van der Waals surface area contributed by atoms with E-state index in [1.165, 1.54) is 6.92 Å². The van der Waals surface area contributed by atoms with Gasteiger partial charge in [0, 0.05) is 0 Å². The Hall–Kier alpha value is -2.32. The average Bonchev–Trinajstić information content (AvgIpc) is 2.97. The molecule has 0 aliphatic carbocycles. The standard InChI is InChI=1S/C30H42O11/c1-18(32)29(37-15-14-31)38-17-25-26(34)27(35)28(36)30(41-25)40-21-5-3-2-4-20-9-13-23(33)24(16-20)39-22-11-7-19(6-10-21)8-12-22/h7-9,11-13,16,18,21,25-36H,2-6,10,14-15,17H2,1H3/t18-,21-,25?,26+,27+,28?,29-,30+/m1/s1. The van der Waals surface area contributed by atoms with Crippen molar-refractivity contribution in [3.05, 3.63) is 53.6 Å². The van der Waals surface area contributed by atoms with E-state index in [-0.39, 0.29) is 31.7 Å². The number of rotatable bonds is 9. The van der Waals surface area contributed by atoms with Gasteiger partial charge >= 0.3 is 0 Å². The van der Waals surface area contributed by atoms with Gasteiger partial charge in [0.05, 0.1) is 25.9 Å². The largest absolute Gasteiger partial charge is 0.504 e. The molecule has 1 fully saturated rings. The maximum absolute atomic E-state index is 10.7. The molecule has 2 aromatic carbocycles. The zero-order chi connectivity index (χ0) is 29.4. The summed E-state index contributed by atoms with van der Waals surface area (Å²) in [5, 5.41) is 60.9. The monoisotopic (exact) mass is 578 g/mol. The first-order valence-electron chi connectivity index (χ1n) is 14.2. The number of fused-ring (bicyclic) bond motifs is 8. The van der Waals surface area contributed by atoms with Gasteiger partial charge in [-0.25, -0.2) is 0 Å². The first-order chi connectivity index (χ1) is 19.7. The minimum atomic E-state index is -1.54. The number of phenolic OH excluding ortho intramolecular Hbond substituents is 1. The topological polar surface area (TPSA) is 168 Å². The highest BCUT2D eigenvalue weighted by atomic mass is 16.7. The van der Waals surface area contributed by atoms with Gasteiger partial charge in [-0.05, 0) is 74.4 Å². The van der Waals surface area contributed by atoms with Crippen LogP contribution in [0.5, 0.6) is 17.2 Å². The van der Waals surface area contributed by atoms with Crippen molar-refractivity contribution >= 4 is 0 Å². The highest BCUT2D eigenvalue weighted by Gasteiger charge is 2.45. The number of hydrogen-bond acceptors (Lipinski definition) is 11. The summed E-state index contributed by atoms with van der Waals surface area (Å²) in [6.45, 7) is 0.897. The third-order valence-corrected chi connectivity index (χ3v) is 7.36. The molecule has 4 bridgehead atoms. The SMILES string of the molecule is C[C@@H](O)[C@H](OCCO)OCC1O[C@H](O[C@@H]2CCCCc3ccc(O)c(c3)Oc3ccc(cc3)CC2)C(O)[C@@H](O)[C@H]1O. The number of aliphatic hydroxyl groups is 5. The second kappa shape index (κ2) is 15.2. The molecule has 3 aliphatic heterocycles. The summed E-state index contributed by atoms with van der Waals surface area (Å²) in [5.41, 5.74) is 2.09. The van der Waals surface area contributed by atoms with E-state index in [9.17, 15) is 25.5 Å². The van der Waals surface area contributed by atoms with Crippen molar-refractivity contribution in [2.45, 2.75) is 94.7 Å². The molecule has 2 unspecified atom stereocenters. The molecule has 0 saturated carbocycles. The van der Waals surface area contributed by atoms with Crippen molar-refractivity contribution in [1.29, 1.82) is 0 Å². The van der Waals surface area contributed by atoms with Crippen LogP contribution < -0.4 is 4.74 Å². The zero-order valence-corrected chi connectivity index (χ0v) is 23.2. The van der Waals surface area contributed by atoms with Crippen LogP contribution in [0.1, 0.15) is 43.7 Å². The molecule has 3 aliphatic rings. The minimum absolute atomic E-state index is 0.0535. The number of ether oxygens (including phenoxy) is 5. The molecule has 0 radical (unpaired) electrons. The van der Waals surface area contributed by atoms with E-state index < -0.39 is 43.1 Å². The lowest BCUT2D eigenvalue weighted by molar-refractivity contribution is -0.321. The second-order valence-corrected chi connectivity index (χ2v) is 10.6. The van der Waals surface area contributed by atoms with Gasteiger partial charge in [0.2, 0.25) is 0 Å². The molecule has 6 N–H and O–H groups in total. The summed E-state index contributed by atoms with van der Waals surface area (Å²) in [5.74, 6) is 1.11. The van der Waals surface area contributed by atoms with Gasteiger partial charge in [0.15, 0.2) is 24.1 Å². The van der Waals surface area contributed by atoms with Gasteiger partial charge in [0.1, 0.15) is 36.3 Å². The highest BCUT2D eigenvalue weighted by molar-refractivity contribution is 5.45. The van der Waals surface area contributed by atoms with Crippen molar-refractivity contribution in [3.8, 4) is 17.2 Å². The van der Waals surface area contributed by atoms with E-state index in [2.05, 4.69) is 0 Å². The Morgan fingerprint density at radius 2 is 1.66 bits per heavy atom. The number of hydrogen-bond donors (Lipinski definition) is 6. The van der Waals surface area contributed by atoms with Gasteiger partial charge in [-0.1, -0.05) is 24.6 Å². The van der Waals surface area contributed by atoms with E-state index in [0.717, 1.165) is 30.4 Å². The molecule has 0 aromatic heterocycles. The molecule has 228 valence electrons. The smallest absolute Gasteiger partial charge is 0.186 e. The van der Waals surface area contributed by atoms with Gasteiger partial charge in [-0.15, -0.1) is 0 Å². The molecular weight excluding hydrogens is 536 g/mol. The molecule has 11 nitrogen and oxygen atoms in total. The van der Waals surface area contributed by atoms with Gasteiger partial charge in [-0.3, -0.25) is 0 Å². The van der Waals surface area contributed by atoms with Crippen LogP contribution in [-0.2, 0) is 31.8 Å². The maximum atomic E-state index is 10.7. The Labute approximate surface area is 239 Å². The third kappa shape index (κ3) is 8.84. The molecule has 41 heavy (non-hydrogen) atoms. The van der Waals surface area contributed by atoms with E-state index in [0.29, 0.717) is 30.8 Å². The van der Waals surface area contributed by atoms with Crippen LogP contribution in [0.4, 0.5) is 0 Å². The molecule has 11 heteroatoms. The summed E-state index contributed by atoms with van der Waals surface area (Å²) in [4.78, 5) is 0. The normalized spacial score (nSPS) is 28.7. The van der Waals surface area contributed by atoms with Gasteiger partial charge < -0.3 is 54.3 Å².